The Morgan fingerprint density at radius 1 is 0.654 bits per heavy atom. The van der Waals surface area contributed by atoms with Gasteiger partial charge < -0.3 is 80.8 Å². The standard InChI is InChI=1S/C54H84N16O11/c1-7-35(52(80)70-27-15-20-40(70)48(76)66-37(19-14-26-62-54(59)60)46(74)65-36(45(56)73)18-13-25-61-53(57)58)64-47(75)38(30-42(55)71)67-50(78)44(31(4)5)68-49(77)41(29-32-16-11-10-12-17-32)69(6)51(79)39(63-43(72)8-2)28-33-21-23-34(24-22-33)81-9-3/h10-12,16-17,21-24,31,35-41,44H,7-9,13-15,18-20,25-30H2,1-6H3,(H2,55,71)(H2,56,73)(H,63,72)(H,64,75)(H,65,74)(H,66,76)(H,67,78)(H,68,77)(H4,57,58,61)(H4,59,60,62)/t35-,36-,37-,38-,39+,40-,41-,44-/m0/s1. The van der Waals surface area contributed by atoms with Gasteiger partial charge in [-0.1, -0.05) is 70.2 Å². The normalized spacial score (nSPS) is 15.4. The number of nitrogens with one attached hydrogen (secondary N) is 6. The van der Waals surface area contributed by atoms with Crippen molar-refractivity contribution in [1.29, 1.82) is 0 Å². The first-order chi connectivity index (χ1) is 38.4. The number of benzene rings is 2. The molecule has 1 aliphatic heterocycles. The van der Waals surface area contributed by atoms with Crippen LogP contribution in [-0.4, -0.2) is 162 Å². The van der Waals surface area contributed by atoms with Crippen LogP contribution in [0.3, 0.4) is 0 Å². The summed E-state index contributed by atoms with van der Waals surface area (Å²) in [5.41, 5.74) is 34.3. The second kappa shape index (κ2) is 33.8. The van der Waals surface area contributed by atoms with Gasteiger partial charge in [0.15, 0.2) is 11.9 Å². The fourth-order valence-corrected chi connectivity index (χ4v) is 8.93. The van der Waals surface area contributed by atoms with Crippen molar-refractivity contribution in [2.45, 2.75) is 154 Å². The average molecular weight is 1130 g/mol. The highest BCUT2D eigenvalue weighted by Gasteiger charge is 2.41. The zero-order chi connectivity index (χ0) is 60.3. The molecule has 0 aliphatic carbocycles. The number of likely N-dealkylation sites (tertiary alicyclic amines) is 1. The van der Waals surface area contributed by atoms with E-state index in [2.05, 4.69) is 41.9 Å². The number of aliphatic imine (C=N–C) groups is 2. The number of hydrogen-bond donors (Lipinski definition) is 12. The van der Waals surface area contributed by atoms with Crippen LogP contribution >= 0.6 is 0 Å². The minimum Gasteiger partial charge on any atom is -0.494 e. The number of likely N-dealkylation sites (N-methyl/N-ethyl adjacent to an activating group) is 1. The van der Waals surface area contributed by atoms with Gasteiger partial charge in [-0.3, -0.25) is 57.9 Å². The van der Waals surface area contributed by atoms with Crippen molar-refractivity contribution in [1.82, 2.24) is 41.7 Å². The molecule has 0 bridgehead atoms. The van der Waals surface area contributed by atoms with E-state index in [-0.39, 0.29) is 89.3 Å². The molecule has 2 aromatic carbocycles. The molecule has 1 saturated heterocycles. The van der Waals surface area contributed by atoms with E-state index in [0.29, 0.717) is 29.9 Å². The van der Waals surface area contributed by atoms with Crippen LogP contribution in [0.4, 0.5) is 0 Å². The third-order valence-corrected chi connectivity index (χ3v) is 13.3. The first-order valence-electron chi connectivity index (χ1n) is 27.2. The number of ether oxygens (including phenoxy) is 1. The highest BCUT2D eigenvalue weighted by Crippen LogP contribution is 2.21. The van der Waals surface area contributed by atoms with E-state index in [0.717, 1.165) is 0 Å². The molecule has 0 radical (unpaired) electrons. The van der Waals surface area contributed by atoms with Crippen LogP contribution in [0.2, 0.25) is 0 Å². The lowest BCUT2D eigenvalue weighted by atomic mass is 9.98. The largest absolute Gasteiger partial charge is 0.494 e. The summed E-state index contributed by atoms with van der Waals surface area (Å²) in [6.07, 6.45) is 0.560. The van der Waals surface area contributed by atoms with Gasteiger partial charge in [0.25, 0.3) is 0 Å². The summed E-state index contributed by atoms with van der Waals surface area (Å²) in [6, 6.07) is 5.77. The Labute approximate surface area is 472 Å². The quantitative estimate of drug-likeness (QED) is 0.0197. The van der Waals surface area contributed by atoms with Gasteiger partial charge in [-0.25, -0.2) is 0 Å². The Balaban J connectivity index is 1.84. The van der Waals surface area contributed by atoms with Crippen LogP contribution < -0.4 is 71.0 Å². The molecule has 0 unspecified atom stereocenters. The van der Waals surface area contributed by atoms with E-state index in [9.17, 15) is 47.9 Å². The summed E-state index contributed by atoms with van der Waals surface area (Å²) in [6.45, 7) is 9.15. The minimum absolute atomic E-state index is 0.00480. The summed E-state index contributed by atoms with van der Waals surface area (Å²) < 4.78 is 5.56. The summed E-state index contributed by atoms with van der Waals surface area (Å²) in [7, 11) is 1.43. The molecule has 81 heavy (non-hydrogen) atoms. The van der Waals surface area contributed by atoms with Crippen LogP contribution in [0.1, 0.15) is 104 Å². The number of hydrogen-bond acceptors (Lipinski definition) is 13. The smallest absolute Gasteiger partial charge is 0.245 e. The molecule has 27 nitrogen and oxygen atoms in total. The van der Waals surface area contributed by atoms with Crippen LogP contribution in [-0.2, 0) is 60.8 Å². The Hall–Kier alpha value is -8.52. The number of nitrogens with zero attached hydrogens (tertiary/aromatic N) is 4. The predicted octanol–water partition coefficient (Wildman–Crippen LogP) is -2.46. The number of guanidine groups is 2. The second-order valence-electron chi connectivity index (χ2n) is 20.0. The van der Waals surface area contributed by atoms with Crippen molar-refractivity contribution in [3.8, 4) is 5.75 Å². The zero-order valence-corrected chi connectivity index (χ0v) is 47.2. The lowest BCUT2D eigenvalue weighted by Crippen LogP contribution is -2.61. The molecule has 3 rings (SSSR count). The SMILES string of the molecule is CCOc1ccc(C[C@@H](NC(=O)CC)C(=O)N(C)[C@@H](Cc2ccccc2)C(=O)N[C@H](C(=O)N[C@@H](CC(N)=O)C(=O)N[C@@H](CC)C(=O)N2CCC[C@H]2C(=O)N[C@@H](CCCN=C(N)N)C(=O)N[C@@H](CCCN=C(N)N)C(N)=O)C(C)C)cc1. The van der Waals surface area contributed by atoms with Crippen LogP contribution in [0.5, 0.6) is 5.75 Å². The topological polar surface area (TPSA) is 439 Å². The van der Waals surface area contributed by atoms with Crippen LogP contribution in [0.25, 0.3) is 0 Å². The summed E-state index contributed by atoms with van der Waals surface area (Å²) in [5.74, 6) is -7.91. The van der Waals surface area contributed by atoms with Gasteiger partial charge in [0.05, 0.1) is 13.0 Å². The number of amides is 10. The van der Waals surface area contributed by atoms with E-state index in [4.69, 9.17) is 39.1 Å². The van der Waals surface area contributed by atoms with Gasteiger partial charge in [0.2, 0.25) is 59.1 Å². The van der Waals surface area contributed by atoms with Crippen molar-refractivity contribution >= 4 is 71.0 Å². The predicted molar refractivity (Wildman–Crippen MR) is 303 cm³/mol. The Morgan fingerprint density at radius 2 is 1.22 bits per heavy atom. The lowest BCUT2D eigenvalue weighted by Gasteiger charge is -2.33. The van der Waals surface area contributed by atoms with Crippen molar-refractivity contribution in [2.75, 3.05) is 33.3 Å². The number of nitrogens with two attached hydrogens (primary N) is 6. The first kappa shape index (κ1) is 66.8. The molecule has 27 heteroatoms. The zero-order valence-electron chi connectivity index (χ0n) is 47.2. The number of primary amides is 2. The maximum Gasteiger partial charge on any atom is 0.245 e. The molecule has 10 amide bonds. The molecular weight excluding hydrogens is 1050 g/mol. The molecule has 0 aromatic heterocycles. The molecular formula is C54H84N16O11. The highest BCUT2D eigenvalue weighted by atomic mass is 16.5. The third kappa shape index (κ3) is 22.3. The first-order valence-corrected chi connectivity index (χ1v) is 27.2. The molecule has 446 valence electrons. The molecule has 8 atom stereocenters. The summed E-state index contributed by atoms with van der Waals surface area (Å²) in [5, 5.41) is 15.9. The van der Waals surface area contributed by atoms with Gasteiger partial charge in [-0.15, -0.1) is 0 Å². The molecule has 18 N–H and O–H groups in total. The van der Waals surface area contributed by atoms with Crippen LogP contribution in [0.15, 0.2) is 64.6 Å². The Kier molecular flexibility index (Phi) is 27.9. The highest BCUT2D eigenvalue weighted by molar-refractivity contribution is 5.99. The van der Waals surface area contributed by atoms with Crippen molar-refractivity contribution < 1.29 is 52.7 Å². The monoisotopic (exact) mass is 1130 g/mol. The number of carbonyl (C=O) groups excluding carboxylic acids is 10. The average Bonchev–Trinajstić information content (AvgIpc) is 3.95. The maximum atomic E-state index is 14.6. The van der Waals surface area contributed by atoms with E-state index in [1.165, 1.54) is 16.8 Å². The van der Waals surface area contributed by atoms with E-state index < -0.39 is 120 Å². The maximum absolute atomic E-state index is 14.6. The molecule has 1 fully saturated rings. The van der Waals surface area contributed by atoms with Crippen molar-refractivity contribution in [2.24, 2.45) is 50.3 Å². The lowest BCUT2D eigenvalue weighted by molar-refractivity contribution is -0.143. The number of carbonyl (C=O) groups is 10. The summed E-state index contributed by atoms with van der Waals surface area (Å²) >= 11 is 0. The molecule has 2 aromatic rings. The molecule has 1 heterocycles. The fourth-order valence-electron chi connectivity index (χ4n) is 8.93. The number of rotatable bonds is 34. The van der Waals surface area contributed by atoms with Crippen LogP contribution in [0, 0.1) is 5.92 Å². The van der Waals surface area contributed by atoms with Gasteiger partial charge in [0.1, 0.15) is 54.1 Å². The summed E-state index contributed by atoms with van der Waals surface area (Å²) in [4.78, 5) is 147. The van der Waals surface area contributed by atoms with Crippen molar-refractivity contribution in [3.05, 3.63) is 65.7 Å². The molecule has 0 saturated carbocycles. The van der Waals surface area contributed by atoms with Gasteiger partial charge in [0, 0.05) is 45.9 Å². The molecule has 1 aliphatic rings. The Bertz CT molecular complexity index is 2520. The van der Waals surface area contributed by atoms with Gasteiger partial charge >= 0.3 is 0 Å². The Morgan fingerprint density at radius 3 is 1.77 bits per heavy atom. The van der Waals surface area contributed by atoms with Gasteiger partial charge in [-0.05, 0) is 81.0 Å². The molecule has 0 spiro atoms. The van der Waals surface area contributed by atoms with E-state index in [1.54, 1.807) is 82.3 Å². The minimum atomic E-state index is -1.66. The van der Waals surface area contributed by atoms with Gasteiger partial charge in [-0.2, -0.15) is 0 Å². The van der Waals surface area contributed by atoms with E-state index in [1.807, 2.05) is 6.92 Å². The third-order valence-electron chi connectivity index (χ3n) is 13.3. The second-order valence-corrected chi connectivity index (χ2v) is 20.0. The fraction of sp³-hybridized carbons (Fsp3) is 0.556. The van der Waals surface area contributed by atoms with Crippen molar-refractivity contribution in [3.63, 3.8) is 0 Å². The van der Waals surface area contributed by atoms with E-state index >= 15 is 0 Å².